The number of methoxy groups -OCH3 is 1. The first-order valence-corrected chi connectivity index (χ1v) is 10.1. The smallest absolute Gasteiger partial charge is 0.315 e. The van der Waals surface area contributed by atoms with Crippen molar-refractivity contribution in [2.75, 3.05) is 18.6 Å². The summed E-state index contributed by atoms with van der Waals surface area (Å²) in [6, 6.07) is 13.5. The second-order valence-electron chi connectivity index (χ2n) is 7.00. The number of urea groups is 1. The van der Waals surface area contributed by atoms with Crippen molar-refractivity contribution < 1.29 is 19.1 Å². The number of halogens is 1. The molecule has 0 saturated carbocycles. The first kappa shape index (κ1) is 21.6. The van der Waals surface area contributed by atoms with Gasteiger partial charge < -0.3 is 20.3 Å². The summed E-state index contributed by atoms with van der Waals surface area (Å²) >= 11 is 6.23. The van der Waals surface area contributed by atoms with Gasteiger partial charge in [0.15, 0.2) is 0 Å². The van der Waals surface area contributed by atoms with E-state index in [1.807, 2.05) is 24.3 Å². The highest BCUT2D eigenvalue weighted by Gasteiger charge is 2.22. The van der Waals surface area contributed by atoms with Crippen LogP contribution in [0, 0.1) is 0 Å². The van der Waals surface area contributed by atoms with E-state index in [0.29, 0.717) is 23.6 Å². The van der Waals surface area contributed by atoms with Crippen LogP contribution in [0.4, 0.5) is 10.5 Å². The number of esters is 1. The van der Waals surface area contributed by atoms with Gasteiger partial charge in [0, 0.05) is 30.2 Å². The molecule has 0 bridgehead atoms. The van der Waals surface area contributed by atoms with Crippen molar-refractivity contribution in [2.45, 2.75) is 31.8 Å². The summed E-state index contributed by atoms with van der Waals surface area (Å²) in [4.78, 5) is 37.8. The molecule has 0 aliphatic carbocycles. The number of anilines is 1. The molecule has 1 atom stereocenters. The first-order valence-electron chi connectivity index (χ1n) is 9.73. The zero-order valence-corrected chi connectivity index (χ0v) is 17.4. The molecule has 8 heteroatoms. The molecule has 0 spiro atoms. The normalized spacial score (nSPS) is 14.3. The van der Waals surface area contributed by atoms with E-state index >= 15 is 0 Å². The summed E-state index contributed by atoms with van der Waals surface area (Å²) < 4.78 is 4.73. The number of nitrogens with zero attached hydrogens (tertiary/aromatic N) is 1. The van der Waals surface area contributed by atoms with Crippen LogP contribution in [-0.2, 0) is 20.9 Å². The van der Waals surface area contributed by atoms with Crippen molar-refractivity contribution in [3.8, 4) is 0 Å². The van der Waals surface area contributed by atoms with Crippen LogP contribution in [0.15, 0.2) is 48.5 Å². The van der Waals surface area contributed by atoms with Gasteiger partial charge >= 0.3 is 12.0 Å². The molecule has 2 aromatic rings. The van der Waals surface area contributed by atoms with Gasteiger partial charge in [-0.2, -0.15) is 0 Å². The van der Waals surface area contributed by atoms with Crippen molar-refractivity contribution in [3.63, 3.8) is 0 Å². The molecule has 1 saturated heterocycles. The largest absolute Gasteiger partial charge is 0.469 e. The lowest BCUT2D eigenvalue weighted by molar-refractivity contribution is -0.141. The maximum Gasteiger partial charge on any atom is 0.315 e. The number of nitrogens with one attached hydrogen (secondary N) is 2. The van der Waals surface area contributed by atoms with Gasteiger partial charge in [0.2, 0.25) is 5.91 Å². The Hall–Kier alpha value is -3.06. The SMILES string of the molecule is COC(=O)C[C@H](NC(=O)NCc1ccc(N2CCCC2=O)cc1)c1ccccc1Cl. The fourth-order valence-electron chi connectivity index (χ4n) is 3.35. The Kier molecular flexibility index (Phi) is 7.30. The van der Waals surface area contributed by atoms with Gasteiger partial charge in [-0.1, -0.05) is 41.9 Å². The quantitative estimate of drug-likeness (QED) is 0.658. The molecule has 3 amide bonds. The van der Waals surface area contributed by atoms with Crippen molar-refractivity contribution in [3.05, 3.63) is 64.7 Å². The Balaban J connectivity index is 1.59. The number of hydrogen-bond acceptors (Lipinski definition) is 4. The Morgan fingerprint density at radius 1 is 1.17 bits per heavy atom. The highest BCUT2D eigenvalue weighted by molar-refractivity contribution is 6.31. The Bertz CT molecular complexity index is 917. The van der Waals surface area contributed by atoms with E-state index in [9.17, 15) is 14.4 Å². The summed E-state index contributed by atoms with van der Waals surface area (Å²) in [5, 5.41) is 6.02. The Morgan fingerprint density at radius 2 is 1.90 bits per heavy atom. The van der Waals surface area contributed by atoms with E-state index in [1.54, 1.807) is 29.2 Å². The first-order chi connectivity index (χ1) is 14.5. The zero-order valence-electron chi connectivity index (χ0n) is 16.7. The summed E-state index contributed by atoms with van der Waals surface area (Å²) in [6.07, 6.45) is 1.42. The standard InChI is InChI=1S/C22H24ClN3O4/c1-30-21(28)13-19(17-5-2-3-6-18(17)23)25-22(29)24-14-15-8-10-16(11-9-15)26-12-4-7-20(26)27/h2-3,5-6,8-11,19H,4,7,12-14H2,1H3,(H2,24,25,29)/t19-/m0/s1. The molecule has 1 aliphatic rings. The van der Waals surface area contributed by atoms with Crippen LogP contribution >= 0.6 is 11.6 Å². The minimum atomic E-state index is -0.616. The zero-order chi connectivity index (χ0) is 21.5. The van der Waals surface area contributed by atoms with Crippen LogP contribution in [0.5, 0.6) is 0 Å². The van der Waals surface area contributed by atoms with Gasteiger partial charge in [0.05, 0.1) is 19.6 Å². The molecule has 1 heterocycles. The fourth-order valence-corrected chi connectivity index (χ4v) is 3.62. The van der Waals surface area contributed by atoms with Crippen molar-refractivity contribution in [1.29, 1.82) is 0 Å². The number of hydrogen-bond donors (Lipinski definition) is 2. The molecule has 30 heavy (non-hydrogen) atoms. The lowest BCUT2D eigenvalue weighted by Crippen LogP contribution is -2.38. The molecule has 2 N–H and O–H groups in total. The van der Waals surface area contributed by atoms with Crippen LogP contribution in [0.1, 0.15) is 36.4 Å². The van der Waals surface area contributed by atoms with Crippen LogP contribution in [0.3, 0.4) is 0 Å². The molecular formula is C22H24ClN3O4. The van der Waals surface area contributed by atoms with Gasteiger partial charge in [-0.05, 0) is 35.7 Å². The fraction of sp³-hybridized carbons (Fsp3) is 0.318. The number of ether oxygens (including phenoxy) is 1. The molecule has 0 aromatic heterocycles. The number of amides is 3. The molecule has 158 valence electrons. The van der Waals surface area contributed by atoms with Gasteiger partial charge in [-0.25, -0.2) is 4.79 Å². The highest BCUT2D eigenvalue weighted by Crippen LogP contribution is 2.25. The minimum Gasteiger partial charge on any atom is -0.469 e. The monoisotopic (exact) mass is 429 g/mol. The van der Waals surface area contributed by atoms with Gasteiger partial charge in [0.1, 0.15) is 0 Å². The third-order valence-corrected chi connectivity index (χ3v) is 5.30. The van der Waals surface area contributed by atoms with E-state index in [0.717, 1.165) is 24.2 Å². The van der Waals surface area contributed by atoms with Crippen LogP contribution in [-0.4, -0.2) is 31.6 Å². The highest BCUT2D eigenvalue weighted by atomic mass is 35.5. The Labute approximate surface area is 180 Å². The molecule has 3 rings (SSSR count). The maximum absolute atomic E-state index is 12.4. The van der Waals surface area contributed by atoms with E-state index < -0.39 is 18.0 Å². The third-order valence-electron chi connectivity index (χ3n) is 4.96. The molecular weight excluding hydrogens is 406 g/mol. The van der Waals surface area contributed by atoms with Gasteiger partial charge in [-0.3, -0.25) is 9.59 Å². The second kappa shape index (κ2) is 10.1. The third kappa shape index (κ3) is 5.51. The number of rotatable bonds is 7. The summed E-state index contributed by atoms with van der Waals surface area (Å²) in [6.45, 7) is 1.04. The lowest BCUT2D eigenvalue weighted by atomic mass is 10.0. The minimum absolute atomic E-state index is 0.0355. The summed E-state index contributed by atoms with van der Waals surface area (Å²) in [5.74, 6) is -0.316. The van der Waals surface area contributed by atoms with E-state index in [2.05, 4.69) is 10.6 Å². The molecule has 2 aromatic carbocycles. The molecule has 1 aliphatic heterocycles. The van der Waals surface area contributed by atoms with E-state index in [4.69, 9.17) is 16.3 Å². The molecule has 1 fully saturated rings. The van der Waals surface area contributed by atoms with Crippen molar-refractivity contribution in [1.82, 2.24) is 10.6 Å². The predicted molar refractivity (Wildman–Crippen MR) is 114 cm³/mol. The summed E-state index contributed by atoms with van der Waals surface area (Å²) in [7, 11) is 1.30. The van der Waals surface area contributed by atoms with Gasteiger partial charge in [0.25, 0.3) is 0 Å². The molecule has 0 radical (unpaired) electrons. The molecule has 7 nitrogen and oxygen atoms in total. The van der Waals surface area contributed by atoms with E-state index in [1.165, 1.54) is 7.11 Å². The van der Waals surface area contributed by atoms with Crippen LogP contribution in [0.25, 0.3) is 0 Å². The van der Waals surface area contributed by atoms with Crippen molar-refractivity contribution >= 4 is 35.2 Å². The topological polar surface area (TPSA) is 87.7 Å². The summed E-state index contributed by atoms with van der Waals surface area (Å²) in [5.41, 5.74) is 2.39. The maximum atomic E-state index is 12.4. The molecule has 0 unspecified atom stereocenters. The number of carbonyl (C=O) groups is 3. The van der Waals surface area contributed by atoms with Crippen LogP contribution < -0.4 is 15.5 Å². The van der Waals surface area contributed by atoms with Crippen molar-refractivity contribution in [2.24, 2.45) is 0 Å². The van der Waals surface area contributed by atoms with Crippen LogP contribution in [0.2, 0.25) is 5.02 Å². The number of benzene rings is 2. The van der Waals surface area contributed by atoms with Gasteiger partial charge in [-0.15, -0.1) is 0 Å². The Morgan fingerprint density at radius 3 is 2.53 bits per heavy atom. The average Bonchev–Trinajstić information content (AvgIpc) is 3.18. The second-order valence-corrected chi connectivity index (χ2v) is 7.40. The van der Waals surface area contributed by atoms with E-state index in [-0.39, 0.29) is 12.3 Å². The average molecular weight is 430 g/mol. The number of carbonyl (C=O) groups excluding carboxylic acids is 3. The predicted octanol–water partition coefficient (Wildman–Crippen LogP) is 3.57. The lowest BCUT2D eigenvalue weighted by Gasteiger charge is -2.20.